The Balaban J connectivity index is 0.000000340. The number of ketones is 4. The number of amides is 8. The first-order valence-corrected chi connectivity index (χ1v) is 47.3. The molecule has 8 heterocycles. The van der Waals surface area contributed by atoms with Crippen molar-refractivity contribution in [2.24, 2.45) is 0 Å². The number of aliphatic hydroxyl groups is 9. The van der Waals surface area contributed by atoms with Gasteiger partial charge in [-0.25, -0.2) is 47.1 Å². The van der Waals surface area contributed by atoms with Crippen molar-refractivity contribution in [3.8, 4) is 0 Å². The van der Waals surface area contributed by atoms with Crippen molar-refractivity contribution in [2.45, 2.75) is 391 Å². The fourth-order valence-electron chi connectivity index (χ4n) is 14.4. The van der Waals surface area contributed by atoms with Crippen LogP contribution in [0, 0.1) is 11.6 Å². The predicted molar refractivity (Wildman–Crippen MR) is 504 cm³/mol. The summed E-state index contributed by atoms with van der Waals surface area (Å²) in [6.45, 7) is 25.5. The number of Topliss-reactive ketones (excluding diaryl/α,β-unsaturated/α-hetero) is 4. The van der Waals surface area contributed by atoms with Crippen LogP contribution in [0.25, 0.3) is 0 Å². The van der Waals surface area contributed by atoms with Crippen LogP contribution in [0.2, 0.25) is 0 Å². The molecule has 4 aliphatic heterocycles. The number of nitrogens with zero attached hydrogens (tertiary/aromatic N) is 8. The molecule has 8 amide bonds. The number of alkyl carbamates (subject to hydrolysis) is 4. The van der Waals surface area contributed by atoms with Crippen LogP contribution in [0.3, 0.4) is 0 Å². The summed E-state index contributed by atoms with van der Waals surface area (Å²) >= 11 is 0. The zero-order valence-electron chi connectivity index (χ0n) is 84.2. The Morgan fingerprint density at radius 3 is 1.03 bits per heavy atom. The molecule has 0 saturated carbocycles. The molecule has 0 spiro atoms. The van der Waals surface area contributed by atoms with Crippen LogP contribution < -0.4 is 65.3 Å². The summed E-state index contributed by atoms with van der Waals surface area (Å²) in [5.41, 5.74) is -7.25. The van der Waals surface area contributed by atoms with Crippen LogP contribution >= 0.6 is 0 Å². The molecular weight excluding hydrogens is 1930 g/mol. The molecule has 8 rings (SSSR count). The quantitative estimate of drug-likeness (QED) is 0.0165. The van der Waals surface area contributed by atoms with Gasteiger partial charge in [-0.3, -0.25) is 37.4 Å². The van der Waals surface area contributed by atoms with Crippen LogP contribution in [0.1, 0.15) is 277 Å². The van der Waals surface area contributed by atoms with Crippen LogP contribution in [0.5, 0.6) is 0 Å². The van der Waals surface area contributed by atoms with Crippen molar-refractivity contribution in [3.05, 3.63) is 90.5 Å². The minimum atomic E-state index is -3.88. The average Bonchev–Trinajstić information content (AvgIpc) is 1.61. The highest BCUT2D eigenvalue weighted by Gasteiger charge is 2.60. The van der Waals surface area contributed by atoms with E-state index >= 15 is 0 Å². The Morgan fingerprint density at radius 1 is 0.407 bits per heavy atom. The lowest BCUT2D eigenvalue weighted by Gasteiger charge is -2.23. The van der Waals surface area contributed by atoms with E-state index in [0.29, 0.717) is 118 Å². The van der Waals surface area contributed by atoms with Crippen molar-refractivity contribution >= 4 is 94.4 Å². The third-order valence-corrected chi connectivity index (χ3v) is 21.6. The highest BCUT2D eigenvalue weighted by Crippen LogP contribution is 2.42. The van der Waals surface area contributed by atoms with E-state index in [1.165, 1.54) is 46.9 Å². The number of ether oxygens (including phenoxy) is 8. The molecule has 0 bridgehead atoms. The number of nitrogens with one attached hydrogen (secondary N) is 8. The molecule has 0 aromatic carbocycles. The molecular formula is C92H140F4N16O33. The van der Waals surface area contributed by atoms with Gasteiger partial charge in [0, 0.05) is 44.5 Å². The average molecular weight is 2070 g/mol. The van der Waals surface area contributed by atoms with E-state index in [1.807, 2.05) is 0 Å². The van der Waals surface area contributed by atoms with Crippen molar-refractivity contribution in [1.29, 1.82) is 0 Å². The van der Waals surface area contributed by atoms with Crippen LogP contribution in [0.15, 0.2) is 56.1 Å². The number of hydrogen-bond donors (Lipinski definition) is 17. The number of alkyl halides is 2. The van der Waals surface area contributed by atoms with E-state index in [9.17, 15) is 135 Å². The predicted octanol–water partition coefficient (Wildman–Crippen LogP) is 4.51. The van der Waals surface area contributed by atoms with E-state index in [2.05, 4.69) is 62.5 Å². The molecule has 53 heteroatoms. The van der Waals surface area contributed by atoms with Gasteiger partial charge >= 0.3 is 53.1 Å². The van der Waals surface area contributed by atoms with Gasteiger partial charge in [0.1, 0.15) is 130 Å². The normalized spacial score (nSPS) is 21.9. The molecule has 4 aromatic heterocycles. The lowest BCUT2D eigenvalue weighted by Crippen LogP contribution is -2.46. The Kier molecular flexibility index (Phi) is 48.6. The zero-order valence-corrected chi connectivity index (χ0v) is 84.2. The highest BCUT2D eigenvalue weighted by molar-refractivity contribution is 5.98. The van der Waals surface area contributed by atoms with E-state index < -0.39 is 252 Å². The molecule has 145 heavy (non-hydrogen) atoms. The number of hydrogen-bond acceptors (Lipinski definition) is 37. The minimum absolute atomic E-state index is 0.0455. The van der Waals surface area contributed by atoms with Gasteiger partial charge in [-0.2, -0.15) is 28.7 Å². The molecule has 49 nitrogen and oxygen atoms in total. The molecule has 4 aliphatic rings. The summed E-state index contributed by atoms with van der Waals surface area (Å²) in [5, 5.41) is 106. The molecule has 0 radical (unpaired) electrons. The monoisotopic (exact) mass is 2070 g/mol. The maximum absolute atomic E-state index is 14.8. The fraction of sp³-hybridized carbons (Fsp3) is 0.696. The van der Waals surface area contributed by atoms with Gasteiger partial charge in [-0.15, -0.1) is 0 Å². The summed E-state index contributed by atoms with van der Waals surface area (Å²) in [6.07, 6.45) is -9.37. The number of aliphatic hydroxyl groups excluding tert-OH is 9. The number of carbonyl (C=O) groups excluding carboxylic acids is 12. The van der Waals surface area contributed by atoms with Gasteiger partial charge in [0.25, 0.3) is 0 Å². The lowest BCUT2D eigenvalue weighted by atomic mass is 10.1. The van der Waals surface area contributed by atoms with Gasteiger partial charge in [-0.1, -0.05) is 51.4 Å². The van der Waals surface area contributed by atoms with Gasteiger partial charge in [0.05, 0.1) is 44.4 Å². The van der Waals surface area contributed by atoms with Gasteiger partial charge < -0.3 is 146 Å². The number of rotatable bonds is 43. The standard InChI is InChI=1S/C23H34F2N4O8.2C23H35FN4O8.C23H36N4O9/c1-13(31)8-6-5-7-9-14(26-21(35)37-22(2,3)4)18(33)27-16-10-11-29(20(34)28-16)19-23(24,25)17(32)15(12-30)36-19;1-12(29)9-7-6-8-10-15(25-22(34)36-23(3,4)5)19(32)26-18-14(24)11-28(21(33)27-18)20-17(31)16(30)13(2)35-20;1-13(30)8-6-5-7-9-15(25-22(34)36-23(2,3)4)20(32)26-19-14(24)11-28(21(33)27-19)18-10-16(31)17(12-29)35-18;1-13(29)8-6-5-7-9-14(24-22(34)36-23(2,3)4)19(32)25-16-10-11-27(21(33)26-16)20-18(31)17(30)15(12-28)35-20/h10-11,14-15,17,19,30,32H,5-9,12H2,1-4H3,(H,26,35)(H,27,28,33,34);11,13,15-17,20,30-31H,6-10H2,1-5H3,(H,25,34)(H,26,27,32,33);11,15-18,29,31H,5-10,12H2,1-4H3,(H,25,34)(H,26,27,32,33);10-11,14-15,17-18,20,28,30-31H,5-9,12H2,1-4H3,(H,24,34)(H,25,26,32,33)/t14?,15-,17+,19-;13-,15?,16+,17?,20-;15?,16-,17-,18-;14?,15-,17+,18?,20-/m1111/s1. The highest BCUT2D eigenvalue weighted by atomic mass is 19.3. The van der Waals surface area contributed by atoms with Crippen molar-refractivity contribution < 1.29 is 159 Å². The first-order chi connectivity index (χ1) is 67.5. The first kappa shape index (κ1) is 124. The fourth-order valence-corrected chi connectivity index (χ4v) is 14.4. The summed E-state index contributed by atoms with van der Waals surface area (Å²) in [7, 11) is 0. The van der Waals surface area contributed by atoms with Crippen molar-refractivity contribution in [1.82, 2.24) is 59.5 Å². The minimum Gasteiger partial charge on any atom is -0.444 e. The molecule has 814 valence electrons. The second-order valence-electron chi connectivity index (χ2n) is 39.1. The molecule has 4 aromatic rings. The van der Waals surface area contributed by atoms with Crippen LogP contribution in [0.4, 0.5) is 60.0 Å². The van der Waals surface area contributed by atoms with Crippen LogP contribution in [-0.2, 0) is 76.3 Å². The molecule has 4 fully saturated rings. The maximum Gasteiger partial charge on any atom is 0.408 e. The van der Waals surface area contributed by atoms with Crippen molar-refractivity contribution in [2.75, 3.05) is 41.1 Å². The third-order valence-electron chi connectivity index (χ3n) is 21.6. The Hall–Kier alpha value is -11.6. The number of aromatic nitrogens is 8. The SMILES string of the molecule is CC(=O)CCCCCC(NC(=O)OC(C)(C)C)C(=O)Nc1ccn([C@@H]2O[C@H](CO)[C@H](O)C2(F)F)c(=O)n1.CC(=O)CCCCCC(NC(=O)OC(C)(C)C)C(=O)Nc1ccn([C@@H]2O[C@H](CO)[C@H](O)C2O)c(=O)n1.CC(=O)CCCCCC(NC(=O)OC(C)(C)C)C(=O)Nc1nc(=O)n([C@@H]2O[C@H](C)[C@H](O)C2O)cc1F.CC(=O)CCCCCC(NC(=O)OC(C)(C)C)C(=O)Nc1nc(=O)n([C@H]2C[C@@H](O)[C@@H](CO)O2)cc1F. The molecule has 18 atom stereocenters. The molecule has 0 aliphatic carbocycles. The molecule has 17 N–H and O–H groups in total. The summed E-state index contributed by atoms with van der Waals surface area (Å²) < 4.78 is 103. The topological polar surface area (TPSA) is 697 Å². The summed E-state index contributed by atoms with van der Waals surface area (Å²) in [5.74, 6) is -10.4. The van der Waals surface area contributed by atoms with E-state index in [-0.39, 0.29) is 66.9 Å². The van der Waals surface area contributed by atoms with Crippen LogP contribution in [-0.4, -0.2) is 289 Å². The van der Waals surface area contributed by atoms with Crippen molar-refractivity contribution in [3.63, 3.8) is 0 Å². The number of halogens is 4. The first-order valence-electron chi connectivity index (χ1n) is 47.3. The van der Waals surface area contributed by atoms with Gasteiger partial charge in [-0.05, 0) is 181 Å². The Morgan fingerprint density at radius 2 is 0.724 bits per heavy atom. The second-order valence-corrected chi connectivity index (χ2v) is 39.1. The summed E-state index contributed by atoms with van der Waals surface area (Å²) in [4.78, 5) is 209. The summed E-state index contributed by atoms with van der Waals surface area (Å²) in [6, 6.07) is -1.92. The van der Waals surface area contributed by atoms with E-state index in [0.717, 1.165) is 27.6 Å². The molecule has 6 unspecified atom stereocenters. The molecule has 4 saturated heterocycles. The Labute approximate surface area is 832 Å². The number of carbonyl (C=O) groups is 12. The van der Waals surface area contributed by atoms with Gasteiger partial charge in [0.2, 0.25) is 29.9 Å². The third kappa shape index (κ3) is 41.7. The maximum atomic E-state index is 14.8. The van der Waals surface area contributed by atoms with E-state index in [4.69, 9.17) is 43.0 Å². The van der Waals surface area contributed by atoms with Gasteiger partial charge in [0.15, 0.2) is 41.8 Å². The lowest BCUT2D eigenvalue weighted by molar-refractivity contribution is -0.141. The largest absolute Gasteiger partial charge is 0.444 e. The smallest absolute Gasteiger partial charge is 0.408 e. The van der Waals surface area contributed by atoms with E-state index in [1.54, 1.807) is 83.1 Å². The number of unbranched alkanes of at least 4 members (excludes halogenated alkanes) is 8. The zero-order chi connectivity index (χ0) is 109. The second kappa shape index (κ2) is 56.9. The number of anilines is 4. The Bertz CT molecular complexity index is 5270.